The van der Waals surface area contributed by atoms with Gasteiger partial charge in [0.1, 0.15) is 17.8 Å². The first-order valence-corrected chi connectivity index (χ1v) is 13.4. The Kier molecular flexibility index (Phi) is 6.13. The molecule has 12 nitrogen and oxygen atoms in total. The maximum absolute atomic E-state index is 13.4. The molecule has 1 unspecified atom stereocenters. The van der Waals surface area contributed by atoms with Gasteiger partial charge < -0.3 is 26.4 Å². The summed E-state index contributed by atoms with van der Waals surface area (Å²) in [7, 11) is 0. The van der Waals surface area contributed by atoms with Crippen LogP contribution in [0, 0.1) is 6.92 Å². The second kappa shape index (κ2) is 9.53. The number of fused-ring (bicyclic) bond motifs is 1. The molecule has 2 aromatic rings. The lowest BCUT2D eigenvalue weighted by Gasteiger charge is -2.43. The molecule has 5 atom stereocenters. The number of nitrogens with zero attached hydrogens (tertiary/aromatic N) is 3. The highest BCUT2D eigenvalue weighted by atomic mass is 16.3. The Bertz CT molecular complexity index is 1390. The van der Waals surface area contributed by atoms with Crippen molar-refractivity contribution in [2.45, 2.75) is 62.5 Å². The number of carbonyl (C=O) groups excluding carboxylic acids is 2. The molecule has 1 aliphatic carbocycles. The molecule has 4 aliphatic rings. The van der Waals surface area contributed by atoms with E-state index >= 15 is 0 Å². The van der Waals surface area contributed by atoms with Gasteiger partial charge in [-0.2, -0.15) is 0 Å². The standard InChI is InChI=1S/C27H33N9O3/c1-14-6-4-11-18(31-14)24(39)30-12-19-21-27(35-25(28)34-21)22(37)20(13-36(27)26(29)33-19)32-23(38)17-10-5-8-15-7-2-3-9-16(15)17/h4-6,8,10-11,19-22,37H,2-3,7,9,12-13H2,1H3,(H2,29,33)(H,30,39)(H,32,38)(H3,28,34,35)/p+1/t19-,20?,21-,22+,27-/m0/s1. The molecular weight excluding hydrogens is 498 g/mol. The third-order valence-corrected chi connectivity index (χ3v) is 8.29. The van der Waals surface area contributed by atoms with Crippen LogP contribution in [0.1, 0.15) is 50.5 Å². The van der Waals surface area contributed by atoms with E-state index in [1.54, 1.807) is 17.0 Å². The van der Waals surface area contributed by atoms with Crippen molar-refractivity contribution in [3.63, 3.8) is 0 Å². The normalized spacial score (nSPS) is 28.8. The Hall–Kier alpha value is -4.19. The molecule has 204 valence electrons. The number of pyridine rings is 1. The molecule has 0 radical (unpaired) electrons. The average Bonchev–Trinajstić information content (AvgIpc) is 3.43. The summed E-state index contributed by atoms with van der Waals surface area (Å²) in [5.74, 6) is -0.112. The zero-order valence-electron chi connectivity index (χ0n) is 21.8. The first-order valence-electron chi connectivity index (χ1n) is 13.4. The van der Waals surface area contributed by atoms with Crippen molar-refractivity contribution in [1.29, 1.82) is 0 Å². The molecule has 2 amide bonds. The lowest BCUT2D eigenvalue weighted by molar-refractivity contribution is -0.513. The highest BCUT2D eigenvalue weighted by molar-refractivity contribution is 5.96. The van der Waals surface area contributed by atoms with Crippen molar-refractivity contribution in [2.75, 3.05) is 13.1 Å². The first-order chi connectivity index (χ1) is 18.8. The van der Waals surface area contributed by atoms with Crippen LogP contribution in [0.2, 0.25) is 0 Å². The van der Waals surface area contributed by atoms with E-state index in [4.69, 9.17) is 11.5 Å². The van der Waals surface area contributed by atoms with Crippen molar-refractivity contribution in [3.05, 3.63) is 64.5 Å². The van der Waals surface area contributed by atoms with E-state index in [0.29, 0.717) is 11.3 Å². The van der Waals surface area contributed by atoms with Gasteiger partial charge in [0.05, 0.1) is 6.04 Å². The smallest absolute Gasteiger partial charge is 0.343 e. The van der Waals surface area contributed by atoms with Crippen LogP contribution in [-0.4, -0.2) is 81.7 Å². The number of rotatable bonds is 5. The minimum absolute atomic E-state index is 0.136. The second-order valence-corrected chi connectivity index (χ2v) is 10.7. The molecule has 1 fully saturated rings. The number of aryl methyl sites for hydroxylation is 2. The largest absolute Gasteiger partial charge is 0.385 e. The lowest BCUT2D eigenvalue weighted by Crippen LogP contribution is -2.88. The fraction of sp³-hybridized carbons (Fsp3) is 0.444. The van der Waals surface area contributed by atoms with Gasteiger partial charge in [0.25, 0.3) is 11.8 Å². The molecule has 12 heteroatoms. The number of aliphatic hydroxyl groups excluding tert-OH is 1. The van der Waals surface area contributed by atoms with Crippen LogP contribution in [0.5, 0.6) is 0 Å². The van der Waals surface area contributed by atoms with E-state index in [-0.39, 0.29) is 36.8 Å². The van der Waals surface area contributed by atoms with Crippen LogP contribution in [0.4, 0.5) is 0 Å². The summed E-state index contributed by atoms with van der Waals surface area (Å²) >= 11 is 0. The van der Waals surface area contributed by atoms with Gasteiger partial charge >= 0.3 is 5.96 Å². The Morgan fingerprint density at radius 3 is 2.79 bits per heavy atom. The molecule has 9 N–H and O–H groups in total. The molecule has 4 heterocycles. The van der Waals surface area contributed by atoms with Gasteiger partial charge in [-0.1, -0.05) is 18.2 Å². The molecule has 1 spiro atoms. The molecule has 0 bridgehead atoms. The van der Waals surface area contributed by atoms with Crippen LogP contribution in [0.25, 0.3) is 0 Å². The fourth-order valence-electron chi connectivity index (χ4n) is 6.49. The zero-order chi connectivity index (χ0) is 27.3. The summed E-state index contributed by atoms with van der Waals surface area (Å²) in [4.78, 5) is 40.0. The summed E-state index contributed by atoms with van der Waals surface area (Å²) in [6, 6.07) is 9.35. The predicted molar refractivity (Wildman–Crippen MR) is 144 cm³/mol. The second-order valence-electron chi connectivity index (χ2n) is 10.7. The number of aliphatic imine (C=N–C) groups is 1. The van der Waals surface area contributed by atoms with Crippen LogP contribution < -0.4 is 32.4 Å². The van der Waals surface area contributed by atoms with Crippen LogP contribution in [-0.2, 0) is 12.8 Å². The van der Waals surface area contributed by atoms with Crippen LogP contribution in [0.15, 0.2) is 41.4 Å². The predicted octanol–water partition coefficient (Wildman–Crippen LogP) is -2.77. The number of aliphatic hydroxyl groups is 1. The summed E-state index contributed by atoms with van der Waals surface area (Å²) in [6.45, 7) is 2.19. The third kappa shape index (κ3) is 4.15. The number of aromatic nitrogens is 1. The summed E-state index contributed by atoms with van der Waals surface area (Å²) in [6.07, 6.45) is 2.93. The number of hydrogen-bond donors (Lipinski definition) is 7. The maximum atomic E-state index is 13.4. The number of amides is 2. The number of nitrogens with two attached hydrogens (primary N) is 2. The Balaban J connectivity index is 1.22. The van der Waals surface area contributed by atoms with Gasteiger partial charge in [0.2, 0.25) is 5.66 Å². The Morgan fingerprint density at radius 2 is 1.97 bits per heavy atom. The van der Waals surface area contributed by atoms with Gasteiger partial charge in [-0.05, 0) is 61.9 Å². The summed E-state index contributed by atoms with van der Waals surface area (Å²) in [5, 5.41) is 20.8. The van der Waals surface area contributed by atoms with Crippen molar-refractivity contribution in [3.8, 4) is 0 Å². The van der Waals surface area contributed by atoms with Gasteiger partial charge in [-0.25, -0.2) is 15.3 Å². The van der Waals surface area contributed by atoms with E-state index in [2.05, 4.69) is 37.0 Å². The summed E-state index contributed by atoms with van der Waals surface area (Å²) in [5.41, 5.74) is 15.4. The van der Waals surface area contributed by atoms with E-state index in [1.807, 2.05) is 25.1 Å². The number of carbonyl (C=O) groups is 2. The number of guanidine groups is 2. The SMILES string of the molecule is Cc1cccc(C(=O)NC[C@@H]2N=C(N)N3CC(NC(=O)c4cccc5c4CCCC5)[C@@H](O)[C@@]34NC(N)=[NH+][C@@H]24)n1. The van der Waals surface area contributed by atoms with Gasteiger partial charge in [-0.3, -0.25) is 20.3 Å². The molecule has 6 rings (SSSR count). The van der Waals surface area contributed by atoms with E-state index < -0.39 is 29.9 Å². The summed E-state index contributed by atoms with van der Waals surface area (Å²) < 4.78 is 0. The zero-order valence-corrected chi connectivity index (χ0v) is 21.8. The highest BCUT2D eigenvalue weighted by Gasteiger charge is 2.68. The van der Waals surface area contributed by atoms with E-state index in [9.17, 15) is 14.7 Å². The average molecular weight is 533 g/mol. The number of nitrogens with one attached hydrogen (secondary N) is 4. The molecule has 1 saturated heterocycles. The van der Waals surface area contributed by atoms with Gasteiger partial charge in [0, 0.05) is 24.3 Å². The minimum atomic E-state index is -1.15. The molecule has 39 heavy (non-hydrogen) atoms. The highest BCUT2D eigenvalue weighted by Crippen LogP contribution is 2.35. The first kappa shape index (κ1) is 25.1. The quantitative estimate of drug-likeness (QED) is 0.216. The van der Waals surface area contributed by atoms with Gasteiger partial charge in [-0.15, -0.1) is 0 Å². The third-order valence-electron chi connectivity index (χ3n) is 8.29. The molecular formula is C27H34N9O3+. The van der Waals surface area contributed by atoms with Crippen LogP contribution in [0.3, 0.4) is 0 Å². The van der Waals surface area contributed by atoms with Gasteiger partial charge in [0.15, 0.2) is 12.0 Å². The fourth-order valence-corrected chi connectivity index (χ4v) is 6.49. The lowest BCUT2D eigenvalue weighted by atomic mass is 9.87. The molecule has 0 saturated carbocycles. The van der Waals surface area contributed by atoms with Crippen LogP contribution >= 0.6 is 0 Å². The van der Waals surface area contributed by atoms with Crippen molar-refractivity contribution < 1.29 is 19.7 Å². The Morgan fingerprint density at radius 1 is 1.18 bits per heavy atom. The van der Waals surface area contributed by atoms with Crippen molar-refractivity contribution in [2.24, 2.45) is 16.5 Å². The van der Waals surface area contributed by atoms with Crippen molar-refractivity contribution in [1.82, 2.24) is 25.8 Å². The molecule has 1 aromatic carbocycles. The maximum Gasteiger partial charge on any atom is 0.343 e. The van der Waals surface area contributed by atoms with E-state index in [0.717, 1.165) is 36.9 Å². The topological polar surface area (TPSA) is 185 Å². The monoisotopic (exact) mass is 532 g/mol. The molecule has 1 aromatic heterocycles. The number of benzene rings is 1. The minimum Gasteiger partial charge on any atom is -0.385 e. The van der Waals surface area contributed by atoms with E-state index in [1.165, 1.54) is 5.56 Å². The molecule has 3 aliphatic heterocycles. The van der Waals surface area contributed by atoms with Crippen molar-refractivity contribution >= 4 is 23.7 Å². The Labute approximate surface area is 226 Å². The number of hydrogen-bond acceptors (Lipinski definition) is 9.